The minimum absolute atomic E-state index is 0.0887. The van der Waals surface area contributed by atoms with Gasteiger partial charge in [-0.25, -0.2) is 0 Å². The van der Waals surface area contributed by atoms with Crippen molar-refractivity contribution in [3.8, 4) is 0 Å². The predicted octanol–water partition coefficient (Wildman–Crippen LogP) is 2.19. The van der Waals surface area contributed by atoms with E-state index in [-0.39, 0.29) is 17.5 Å². The SMILES string of the molecule is [CH2]CC(C)C(=O)OC(C)(C)C. The Morgan fingerprint density at radius 3 is 2.27 bits per heavy atom. The third kappa shape index (κ3) is 4.82. The molecule has 65 valence electrons. The molecule has 0 fully saturated rings. The van der Waals surface area contributed by atoms with E-state index in [1.165, 1.54) is 0 Å². The molecule has 0 saturated heterocycles. The van der Waals surface area contributed by atoms with E-state index in [0.717, 1.165) is 0 Å². The maximum Gasteiger partial charge on any atom is 0.309 e. The summed E-state index contributed by atoms with van der Waals surface area (Å²) >= 11 is 0. The minimum atomic E-state index is -0.374. The molecule has 0 aliphatic carbocycles. The predicted molar refractivity (Wildman–Crippen MR) is 45.0 cm³/mol. The summed E-state index contributed by atoms with van der Waals surface area (Å²) < 4.78 is 5.11. The zero-order valence-corrected chi connectivity index (χ0v) is 7.81. The average molecular weight is 157 g/mol. The molecule has 2 heteroatoms. The zero-order valence-electron chi connectivity index (χ0n) is 7.81. The molecule has 0 aromatic rings. The van der Waals surface area contributed by atoms with Crippen LogP contribution in [0.15, 0.2) is 0 Å². The van der Waals surface area contributed by atoms with Gasteiger partial charge in [-0.1, -0.05) is 13.8 Å². The van der Waals surface area contributed by atoms with Crippen LogP contribution in [0.5, 0.6) is 0 Å². The van der Waals surface area contributed by atoms with E-state index in [0.29, 0.717) is 6.42 Å². The van der Waals surface area contributed by atoms with Gasteiger partial charge in [-0.2, -0.15) is 0 Å². The van der Waals surface area contributed by atoms with Gasteiger partial charge in [0.05, 0.1) is 5.92 Å². The fraction of sp³-hybridized carbons (Fsp3) is 0.778. The molecule has 0 saturated carbocycles. The lowest BCUT2D eigenvalue weighted by Crippen LogP contribution is -2.27. The Kier molecular flexibility index (Phi) is 3.56. The second kappa shape index (κ2) is 3.74. The molecule has 0 bridgehead atoms. The van der Waals surface area contributed by atoms with Crippen molar-refractivity contribution in [2.24, 2.45) is 5.92 Å². The van der Waals surface area contributed by atoms with Crippen LogP contribution in [-0.4, -0.2) is 11.6 Å². The van der Waals surface area contributed by atoms with E-state index < -0.39 is 0 Å². The monoisotopic (exact) mass is 157 g/mol. The summed E-state index contributed by atoms with van der Waals surface area (Å²) in [5.74, 6) is -0.248. The summed E-state index contributed by atoms with van der Waals surface area (Å²) in [6.07, 6.45) is 0.592. The maximum atomic E-state index is 11.1. The van der Waals surface area contributed by atoms with Gasteiger partial charge in [-0.15, -0.1) is 0 Å². The van der Waals surface area contributed by atoms with Crippen molar-refractivity contribution in [2.75, 3.05) is 0 Å². The topological polar surface area (TPSA) is 26.3 Å². The number of esters is 1. The van der Waals surface area contributed by atoms with Crippen molar-refractivity contribution in [3.05, 3.63) is 6.92 Å². The van der Waals surface area contributed by atoms with E-state index in [1.807, 2.05) is 27.7 Å². The Morgan fingerprint density at radius 2 is 2.00 bits per heavy atom. The van der Waals surface area contributed by atoms with Gasteiger partial charge in [0.1, 0.15) is 5.60 Å². The number of carbonyl (C=O) groups is 1. The van der Waals surface area contributed by atoms with Gasteiger partial charge in [-0.05, 0) is 27.2 Å². The van der Waals surface area contributed by atoms with Crippen molar-refractivity contribution in [1.29, 1.82) is 0 Å². The van der Waals surface area contributed by atoms with Gasteiger partial charge >= 0.3 is 5.97 Å². The van der Waals surface area contributed by atoms with Crippen molar-refractivity contribution >= 4 is 5.97 Å². The molecule has 2 nitrogen and oxygen atoms in total. The third-order valence-electron chi connectivity index (χ3n) is 1.24. The highest BCUT2D eigenvalue weighted by molar-refractivity contribution is 5.72. The van der Waals surface area contributed by atoms with Gasteiger partial charge in [0.15, 0.2) is 0 Å². The summed E-state index contributed by atoms with van der Waals surface area (Å²) in [5.41, 5.74) is -0.374. The lowest BCUT2D eigenvalue weighted by molar-refractivity contribution is -0.159. The van der Waals surface area contributed by atoms with Crippen LogP contribution in [0.4, 0.5) is 0 Å². The third-order valence-corrected chi connectivity index (χ3v) is 1.24. The van der Waals surface area contributed by atoms with Crippen LogP contribution in [-0.2, 0) is 9.53 Å². The molecule has 1 radical (unpaired) electrons. The van der Waals surface area contributed by atoms with E-state index in [9.17, 15) is 4.79 Å². The number of hydrogen-bond donors (Lipinski definition) is 0. The summed E-state index contributed by atoms with van der Waals surface area (Å²) in [5, 5.41) is 0. The molecule has 1 atom stereocenters. The molecule has 0 aliphatic heterocycles. The van der Waals surface area contributed by atoms with Gasteiger partial charge in [0.25, 0.3) is 0 Å². The van der Waals surface area contributed by atoms with Crippen LogP contribution in [0.3, 0.4) is 0 Å². The maximum absolute atomic E-state index is 11.1. The molecule has 1 unspecified atom stereocenters. The zero-order chi connectivity index (χ0) is 9.07. The van der Waals surface area contributed by atoms with Crippen LogP contribution >= 0.6 is 0 Å². The Hall–Kier alpha value is -0.530. The van der Waals surface area contributed by atoms with Crippen LogP contribution in [0.25, 0.3) is 0 Å². The van der Waals surface area contributed by atoms with Crippen LogP contribution in [0.2, 0.25) is 0 Å². The number of carbonyl (C=O) groups excluding carboxylic acids is 1. The molecule has 0 heterocycles. The highest BCUT2D eigenvalue weighted by atomic mass is 16.6. The highest BCUT2D eigenvalue weighted by Crippen LogP contribution is 2.12. The summed E-state index contributed by atoms with van der Waals surface area (Å²) in [6.45, 7) is 11.0. The Morgan fingerprint density at radius 1 is 1.55 bits per heavy atom. The number of ether oxygens (including phenoxy) is 1. The second-order valence-electron chi connectivity index (χ2n) is 3.72. The molecule has 0 aromatic carbocycles. The molecule has 0 aromatic heterocycles. The molecule has 11 heavy (non-hydrogen) atoms. The Balaban J connectivity index is 3.88. The van der Waals surface area contributed by atoms with Crippen LogP contribution in [0.1, 0.15) is 34.1 Å². The highest BCUT2D eigenvalue weighted by Gasteiger charge is 2.19. The molecule has 0 spiro atoms. The molecular formula is C9H17O2. The molecular weight excluding hydrogens is 140 g/mol. The first kappa shape index (κ1) is 10.5. The molecule has 0 aliphatic rings. The van der Waals surface area contributed by atoms with E-state index in [2.05, 4.69) is 6.92 Å². The largest absolute Gasteiger partial charge is 0.460 e. The Bertz CT molecular complexity index is 133. The molecule has 0 N–H and O–H groups in total. The van der Waals surface area contributed by atoms with E-state index >= 15 is 0 Å². The lowest BCUT2D eigenvalue weighted by atomic mass is 10.1. The first-order valence-electron chi connectivity index (χ1n) is 3.89. The lowest BCUT2D eigenvalue weighted by Gasteiger charge is -2.21. The van der Waals surface area contributed by atoms with E-state index in [4.69, 9.17) is 4.74 Å². The molecule has 0 rings (SSSR count). The summed E-state index contributed by atoms with van der Waals surface area (Å²) in [6, 6.07) is 0. The molecule has 0 amide bonds. The van der Waals surface area contributed by atoms with Crippen molar-refractivity contribution in [3.63, 3.8) is 0 Å². The summed E-state index contributed by atoms with van der Waals surface area (Å²) in [7, 11) is 0. The quantitative estimate of drug-likeness (QED) is 0.574. The first-order chi connectivity index (χ1) is 4.87. The van der Waals surface area contributed by atoms with Gasteiger partial charge in [0.2, 0.25) is 0 Å². The van der Waals surface area contributed by atoms with Crippen molar-refractivity contribution in [1.82, 2.24) is 0 Å². The second-order valence-corrected chi connectivity index (χ2v) is 3.72. The number of hydrogen-bond acceptors (Lipinski definition) is 2. The fourth-order valence-corrected chi connectivity index (χ4v) is 0.520. The van der Waals surface area contributed by atoms with E-state index in [1.54, 1.807) is 0 Å². The van der Waals surface area contributed by atoms with Gasteiger partial charge in [0, 0.05) is 0 Å². The summed E-state index contributed by atoms with van der Waals surface area (Å²) in [4.78, 5) is 11.1. The fourth-order valence-electron chi connectivity index (χ4n) is 0.520. The smallest absolute Gasteiger partial charge is 0.309 e. The van der Waals surface area contributed by atoms with Gasteiger partial charge < -0.3 is 4.74 Å². The number of rotatable bonds is 2. The Labute approximate surface area is 68.9 Å². The first-order valence-corrected chi connectivity index (χ1v) is 3.89. The van der Waals surface area contributed by atoms with Gasteiger partial charge in [-0.3, -0.25) is 4.79 Å². The van der Waals surface area contributed by atoms with Crippen molar-refractivity contribution < 1.29 is 9.53 Å². The average Bonchev–Trinajstić information content (AvgIpc) is 1.82. The normalized spacial score (nSPS) is 14.3. The minimum Gasteiger partial charge on any atom is -0.460 e. The standard InChI is InChI=1S/C9H17O2/c1-6-7(2)8(10)11-9(3,4)5/h7H,1,6H2,2-5H3. The van der Waals surface area contributed by atoms with Crippen LogP contribution < -0.4 is 0 Å². The van der Waals surface area contributed by atoms with Crippen molar-refractivity contribution in [2.45, 2.75) is 39.7 Å². The van der Waals surface area contributed by atoms with Crippen LogP contribution in [0, 0.1) is 12.8 Å².